The Morgan fingerprint density at radius 3 is 3.10 bits per heavy atom. The van der Waals surface area contributed by atoms with Crippen LogP contribution < -0.4 is 0 Å². The Kier molecular flexibility index (Phi) is 3.81. The number of aromatic nitrogens is 5. The van der Waals surface area contributed by atoms with E-state index in [1.165, 1.54) is 16.0 Å². The van der Waals surface area contributed by atoms with Gasteiger partial charge in [0.15, 0.2) is 12.0 Å². The first-order chi connectivity index (χ1) is 9.83. The molecule has 1 saturated heterocycles. The maximum absolute atomic E-state index is 11.1. The highest BCUT2D eigenvalue weighted by atomic mass is 32.1. The van der Waals surface area contributed by atoms with E-state index in [-0.39, 0.29) is 6.10 Å². The standard InChI is InChI=1S/C11H13N5O3S/c1-18-6-9-13-14-11(20-9)16-10(7(5-17)12-15-16)8-3-2-4-19-8/h5,8H,2-4,6H2,1H3. The van der Waals surface area contributed by atoms with Crippen LogP contribution in [0.1, 0.15) is 40.1 Å². The molecule has 1 unspecified atom stereocenters. The Hall–Kier alpha value is -1.71. The van der Waals surface area contributed by atoms with Gasteiger partial charge in [0.05, 0.1) is 0 Å². The minimum Gasteiger partial charge on any atom is -0.377 e. The van der Waals surface area contributed by atoms with Crippen LogP contribution in [0.15, 0.2) is 0 Å². The van der Waals surface area contributed by atoms with Crippen LogP contribution in [0.5, 0.6) is 0 Å². The largest absolute Gasteiger partial charge is 0.377 e. The first kappa shape index (κ1) is 13.3. The molecule has 2 aromatic rings. The van der Waals surface area contributed by atoms with Gasteiger partial charge in [0.1, 0.15) is 23.4 Å². The number of hydrogen-bond acceptors (Lipinski definition) is 8. The van der Waals surface area contributed by atoms with E-state index in [4.69, 9.17) is 9.47 Å². The van der Waals surface area contributed by atoms with Crippen LogP contribution in [-0.4, -0.2) is 45.2 Å². The number of aldehydes is 1. The zero-order valence-electron chi connectivity index (χ0n) is 10.9. The summed E-state index contributed by atoms with van der Waals surface area (Å²) in [5.41, 5.74) is 0.943. The molecule has 0 aliphatic carbocycles. The molecular weight excluding hydrogens is 282 g/mol. The molecule has 1 aliphatic heterocycles. The van der Waals surface area contributed by atoms with Gasteiger partial charge in [-0.2, -0.15) is 4.68 Å². The zero-order chi connectivity index (χ0) is 13.9. The van der Waals surface area contributed by atoms with Crippen molar-refractivity contribution in [2.24, 2.45) is 0 Å². The third kappa shape index (κ3) is 2.35. The molecule has 0 amide bonds. The summed E-state index contributed by atoms with van der Waals surface area (Å²) >= 11 is 1.35. The van der Waals surface area contributed by atoms with Crippen molar-refractivity contribution < 1.29 is 14.3 Å². The number of methoxy groups -OCH3 is 1. The maximum Gasteiger partial charge on any atom is 0.234 e. The van der Waals surface area contributed by atoms with Gasteiger partial charge in [-0.15, -0.1) is 15.3 Å². The zero-order valence-corrected chi connectivity index (χ0v) is 11.7. The van der Waals surface area contributed by atoms with E-state index in [0.717, 1.165) is 17.8 Å². The summed E-state index contributed by atoms with van der Waals surface area (Å²) in [5.74, 6) is 0. The lowest BCUT2D eigenvalue weighted by atomic mass is 10.1. The van der Waals surface area contributed by atoms with Crippen molar-refractivity contribution in [3.8, 4) is 5.13 Å². The van der Waals surface area contributed by atoms with Gasteiger partial charge in [0, 0.05) is 13.7 Å². The molecule has 0 bridgehead atoms. The average Bonchev–Trinajstić information content (AvgIpc) is 3.18. The summed E-state index contributed by atoms with van der Waals surface area (Å²) in [6.45, 7) is 1.07. The lowest BCUT2D eigenvalue weighted by Crippen LogP contribution is -2.08. The molecule has 3 heterocycles. The summed E-state index contributed by atoms with van der Waals surface area (Å²) in [6, 6.07) is 0. The van der Waals surface area contributed by atoms with Gasteiger partial charge in [-0.3, -0.25) is 4.79 Å². The van der Waals surface area contributed by atoms with Crippen LogP contribution in [0.2, 0.25) is 0 Å². The first-order valence-corrected chi connectivity index (χ1v) is 6.99. The summed E-state index contributed by atoms with van der Waals surface area (Å²) < 4.78 is 12.2. The molecule has 0 N–H and O–H groups in total. The van der Waals surface area contributed by atoms with E-state index >= 15 is 0 Å². The van der Waals surface area contributed by atoms with E-state index in [2.05, 4.69) is 20.5 Å². The molecule has 1 fully saturated rings. The predicted octanol–water partition coefficient (Wildman–Crippen LogP) is 0.929. The first-order valence-electron chi connectivity index (χ1n) is 6.17. The van der Waals surface area contributed by atoms with Crippen molar-refractivity contribution in [2.75, 3.05) is 13.7 Å². The number of ether oxygens (including phenoxy) is 2. The molecule has 106 valence electrons. The lowest BCUT2D eigenvalue weighted by molar-refractivity contribution is 0.102. The molecule has 0 saturated carbocycles. The highest BCUT2D eigenvalue weighted by molar-refractivity contribution is 7.13. The molecule has 0 spiro atoms. The third-order valence-electron chi connectivity index (χ3n) is 2.98. The summed E-state index contributed by atoms with van der Waals surface area (Å²) in [6.07, 6.45) is 2.33. The number of carbonyl (C=O) groups is 1. The molecule has 1 atom stereocenters. The molecule has 1 aliphatic rings. The smallest absolute Gasteiger partial charge is 0.234 e. The second-order valence-corrected chi connectivity index (χ2v) is 5.34. The number of nitrogens with zero attached hydrogens (tertiary/aromatic N) is 5. The highest BCUT2D eigenvalue weighted by Gasteiger charge is 2.28. The summed E-state index contributed by atoms with van der Waals surface area (Å²) in [5, 5.41) is 17.3. The molecular formula is C11H13N5O3S. The minimum absolute atomic E-state index is 0.167. The van der Waals surface area contributed by atoms with Gasteiger partial charge in [-0.1, -0.05) is 16.6 Å². The van der Waals surface area contributed by atoms with Gasteiger partial charge in [0.25, 0.3) is 0 Å². The van der Waals surface area contributed by atoms with Crippen molar-refractivity contribution >= 4 is 17.6 Å². The number of carbonyl (C=O) groups excluding carboxylic acids is 1. The van der Waals surface area contributed by atoms with Crippen molar-refractivity contribution in [3.05, 3.63) is 16.4 Å². The fraction of sp³-hybridized carbons (Fsp3) is 0.545. The Morgan fingerprint density at radius 1 is 1.50 bits per heavy atom. The Bertz CT molecular complexity index is 605. The maximum atomic E-state index is 11.1. The second kappa shape index (κ2) is 5.73. The van der Waals surface area contributed by atoms with Gasteiger partial charge in [-0.25, -0.2) is 0 Å². The van der Waals surface area contributed by atoms with Crippen LogP contribution in [-0.2, 0) is 16.1 Å². The van der Waals surface area contributed by atoms with Crippen molar-refractivity contribution in [3.63, 3.8) is 0 Å². The second-order valence-electron chi connectivity index (χ2n) is 4.30. The molecule has 3 rings (SSSR count). The average molecular weight is 295 g/mol. The van der Waals surface area contributed by atoms with E-state index in [1.807, 2.05) is 0 Å². The van der Waals surface area contributed by atoms with Crippen LogP contribution in [0, 0.1) is 0 Å². The fourth-order valence-electron chi connectivity index (χ4n) is 2.13. The minimum atomic E-state index is -0.167. The predicted molar refractivity (Wildman–Crippen MR) is 68.9 cm³/mol. The lowest BCUT2D eigenvalue weighted by Gasteiger charge is -2.09. The van der Waals surface area contributed by atoms with E-state index in [9.17, 15) is 4.79 Å². The third-order valence-corrected chi connectivity index (χ3v) is 3.86. The fourth-order valence-corrected chi connectivity index (χ4v) is 2.90. The van der Waals surface area contributed by atoms with Crippen molar-refractivity contribution in [1.82, 2.24) is 25.2 Å². The SMILES string of the molecule is COCc1nnc(-n2nnc(C=O)c2C2CCCO2)s1. The van der Waals surface area contributed by atoms with Crippen molar-refractivity contribution in [2.45, 2.75) is 25.6 Å². The van der Waals surface area contributed by atoms with Crippen molar-refractivity contribution in [1.29, 1.82) is 0 Å². The van der Waals surface area contributed by atoms with Gasteiger partial charge in [-0.05, 0) is 12.8 Å². The molecule has 9 heteroatoms. The Morgan fingerprint density at radius 2 is 2.40 bits per heavy atom. The Balaban J connectivity index is 1.99. The van der Waals surface area contributed by atoms with Gasteiger partial charge >= 0.3 is 0 Å². The highest BCUT2D eigenvalue weighted by Crippen LogP contribution is 2.31. The van der Waals surface area contributed by atoms with Crippen LogP contribution >= 0.6 is 11.3 Å². The van der Waals surface area contributed by atoms with Gasteiger partial charge < -0.3 is 9.47 Å². The molecule has 2 aromatic heterocycles. The molecule has 0 aromatic carbocycles. The quantitative estimate of drug-likeness (QED) is 0.757. The van der Waals surface area contributed by atoms with Gasteiger partial charge in [0.2, 0.25) is 5.13 Å². The topological polar surface area (TPSA) is 92.0 Å². The summed E-state index contributed by atoms with van der Waals surface area (Å²) in [4.78, 5) is 11.1. The normalized spacial score (nSPS) is 18.6. The summed E-state index contributed by atoms with van der Waals surface area (Å²) in [7, 11) is 1.60. The molecule has 8 nitrogen and oxygen atoms in total. The van der Waals surface area contributed by atoms with E-state index in [0.29, 0.717) is 36.0 Å². The molecule has 20 heavy (non-hydrogen) atoms. The molecule has 0 radical (unpaired) electrons. The van der Waals surface area contributed by atoms with Crippen LogP contribution in [0.25, 0.3) is 5.13 Å². The number of rotatable bonds is 5. The number of hydrogen-bond donors (Lipinski definition) is 0. The van der Waals surface area contributed by atoms with E-state index < -0.39 is 0 Å². The van der Waals surface area contributed by atoms with E-state index in [1.54, 1.807) is 7.11 Å². The van der Waals surface area contributed by atoms with Crippen LogP contribution in [0.3, 0.4) is 0 Å². The Labute approximate surface area is 118 Å². The monoisotopic (exact) mass is 295 g/mol. The van der Waals surface area contributed by atoms with Crippen LogP contribution in [0.4, 0.5) is 0 Å².